The molecule has 0 atom stereocenters. The maximum atomic E-state index is 5.53. The molecule has 0 fully saturated rings. The number of rotatable bonds is 0. The van der Waals surface area contributed by atoms with Crippen molar-refractivity contribution in [1.82, 2.24) is 0 Å². The van der Waals surface area contributed by atoms with Crippen LogP contribution < -0.4 is 0 Å². The summed E-state index contributed by atoms with van der Waals surface area (Å²) in [6.07, 6.45) is 20.7. The molecule has 0 aromatic rings. The zero-order chi connectivity index (χ0) is 11.3. The molecular formula is C15H26O. The zero-order valence-corrected chi connectivity index (χ0v) is 10.5. The first-order chi connectivity index (χ1) is 8.00. The van der Waals surface area contributed by atoms with Gasteiger partial charge in [0.15, 0.2) is 0 Å². The van der Waals surface area contributed by atoms with Crippen LogP contribution in [0.3, 0.4) is 0 Å². The van der Waals surface area contributed by atoms with Crippen LogP contribution in [0, 0.1) is 0 Å². The van der Waals surface area contributed by atoms with Gasteiger partial charge in [-0.05, 0) is 44.9 Å². The zero-order valence-electron chi connectivity index (χ0n) is 10.5. The fourth-order valence-corrected chi connectivity index (χ4v) is 1.92. The van der Waals surface area contributed by atoms with Crippen LogP contribution in [0.1, 0.15) is 57.8 Å². The van der Waals surface area contributed by atoms with Crippen LogP contribution in [-0.4, -0.2) is 13.2 Å². The van der Waals surface area contributed by atoms with Gasteiger partial charge < -0.3 is 4.74 Å². The first-order valence-electron chi connectivity index (χ1n) is 6.88. The molecule has 0 spiro atoms. The molecule has 16 heavy (non-hydrogen) atoms. The van der Waals surface area contributed by atoms with Gasteiger partial charge in [-0.15, -0.1) is 0 Å². The monoisotopic (exact) mass is 222 g/mol. The number of allylic oxidation sites excluding steroid dienone is 3. The summed E-state index contributed by atoms with van der Waals surface area (Å²) >= 11 is 0. The van der Waals surface area contributed by atoms with Crippen molar-refractivity contribution in [2.45, 2.75) is 57.8 Å². The highest BCUT2D eigenvalue weighted by Gasteiger charge is 1.90. The minimum atomic E-state index is 0.805. The van der Waals surface area contributed by atoms with Gasteiger partial charge in [-0.25, -0.2) is 0 Å². The molecule has 0 radical (unpaired) electrons. The normalized spacial score (nSPS) is 26.0. The molecule has 0 aliphatic carbocycles. The van der Waals surface area contributed by atoms with E-state index >= 15 is 0 Å². The average Bonchev–Trinajstić information content (AvgIpc) is 2.29. The molecule has 1 nitrogen and oxygen atoms in total. The maximum Gasteiger partial charge on any atom is 0.0647 e. The molecule has 1 rings (SSSR count). The molecule has 0 aromatic carbocycles. The van der Waals surface area contributed by atoms with Crippen molar-refractivity contribution in [3.63, 3.8) is 0 Å². The summed E-state index contributed by atoms with van der Waals surface area (Å²) in [5.74, 6) is 0. The highest BCUT2D eigenvalue weighted by Crippen LogP contribution is 2.07. The first kappa shape index (κ1) is 13.5. The van der Waals surface area contributed by atoms with Crippen molar-refractivity contribution >= 4 is 0 Å². The Balaban J connectivity index is 2.14. The van der Waals surface area contributed by atoms with Gasteiger partial charge in [0.25, 0.3) is 0 Å². The van der Waals surface area contributed by atoms with Gasteiger partial charge in [0.05, 0.1) is 6.61 Å². The number of hydrogen-bond donors (Lipinski definition) is 0. The predicted octanol–water partition coefficient (Wildman–Crippen LogP) is 4.64. The molecule has 1 aliphatic heterocycles. The molecule has 0 saturated heterocycles. The van der Waals surface area contributed by atoms with Crippen molar-refractivity contribution in [2.24, 2.45) is 0 Å². The van der Waals surface area contributed by atoms with Gasteiger partial charge in [-0.2, -0.15) is 0 Å². The maximum absolute atomic E-state index is 5.53. The Morgan fingerprint density at radius 3 is 1.81 bits per heavy atom. The minimum absolute atomic E-state index is 0.805. The largest absolute Gasteiger partial charge is 0.377 e. The van der Waals surface area contributed by atoms with Crippen molar-refractivity contribution in [3.05, 3.63) is 24.3 Å². The van der Waals surface area contributed by atoms with Crippen molar-refractivity contribution in [1.29, 1.82) is 0 Å². The lowest BCUT2D eigenvalue weighted by molar-refractivity contribution is 0.157. The standard InChI is InChI=1S/C15H26O/c1-2-4-6-8-10-12-14-16-15-13-11-9-7-5-3-1/h2,4,11,13H,1,3,5-10,12,14-15H2/b4-2+,13-11-. The van der Waals surface area contributed by atoms with E-state index in [-0.39, 0.29) is 0 Å². The predicted molar refractivity (Wildman–Crippen MR) is 70.7 cm³/mol. The molecule has 0 bridgehead atoms. The molecule has 0 amide bonds. The topological polar surface area (TPSA) is 9.23 Å². The molecule has 1 heteroatoms. The van der Waals surface area contributed by atoms with E-state index in [1.165, 1.54) is 57.8 Å². The molecule has 1 heterocycles. The van der Waals surface area contributed by atoms with E-state index in [1.807, 2.05) is 0 Å². The Hall–Kier alpha value is -0.560. The van der Waals surface area contributed by atoms with E-state index in [0.717, 1.165) is 13.2 Å². The van der Waals surface area contributed by atoms with Crippen LogP contribution in [0.4, 0.5) is 0 Å². The first-order valence-corrected chi connectivity index (χ1v) is 6.88. The summed E-state index contributed by atoms with van der Waals surface area (Å²) in [4.78, 5) is 0. The van der Waals surface area contributed by atoms with Crippen LogP contribution >= 0.6 is 0 Å². The molecule has 0 N–H and O–H groups in total. The Morgan fingerprint density at radius 1 is 0.562 bits per heavy atom. The van der Waals surface area contributed by atoms with E-state index in [4.69, 9.17) is 4.74 Å². The lowest BCUT2D eigenvalue weighted by atomic mass is 10.1. The van der Waals surface area contributed by atoms with Gasteiger partial charge in [-0.1, -0.05) is 37.1 Å². The van der Waals surface area contributed by atoms with Gasteiger partial charge in [-0.3, -0.25) is 0 Å². The molecule has 92 valence electrons. The Labute approximate surface area is 101 Å². The van der Waals surface area contributed by atoms with E-state index in [9.17, 15) is 0 Å². The number of hydrogen-bond acceptors (Lipinski definition) is 1. The SMILES string of the molecule is C1=C\COCCCCC/C=C/CCCCC/1. The minimum Gasteiger partial charge on any atom is -0.377 e. The highest BCUT2D eigenvalue weighted by molar-refractivity contribution is 4.83. The molecule has 0 saturated carbocycles. The average molecular weight is 222 g/mol. The number of ether oxygens (including phenoxy) is 1. The van der Waals surface area contributed by atoms with E-state index < -0.39 is 0 Å². The van der Waals surface area contributed by atoms with Crippen LogP contribution in [0.15, 0.2) is 24.3 Å². The summed E-state index contributed by atoms with van der Waals surface area (Å²) in [7, 11) is 0. The van der Waals surface area contributed by atoms with Crippen LogP contribution in [0.2, 0.25) is 0 Å². The Kier molecular flexibility index (Phi) is 9.24. The molecule has 0 aromatic heterocycles. The summed E-state index contributed by atoms with van der Waals surface area (Å²) in [5, 5.41) is 0. The second-order valence-electron chi connectivity index (χ2n) is 4.51. The molecule has 0 unspecified atom stereocenters. The summed E-state index contributed by atoms with van der Waals surface area (Å²) in [5.41, 5.74) is 0. The van der Waals surface area contributed by atoms with Crippen LogP contribution in [0.5, 0.6) is 0 Å². The fraction of sp³-hybridized carbons (Fsp3) is 0.733. The quantitative estimate of drug-likeness (QED) is 0.542. The second kappa shape index (κ2) is 10.9. The van der Waals surface area contributed by atoms with Gasteiger partial charge >= 0.3 is 0 Å². The Bertz CT molecular complexity index is 174. The van der Waals surface area contributed by atoms with E-state index in [0.29, 0.717) is 0 Å². The Morgan fingerprint density at radius 2 is 1.12 bits per heavy atom. The van der Waals surface area contributed by atoms with Crippen molar-refractivity contribution in [2.75, 3.05) is 13.2 Å². The highest BCUT2D eigenvalue weighted by atomic mass is 16.5. The van der Waals surface area contributed by atoms with Crippen molar-refractivity contribution in [3.8, 4) is 0 Å². The summed E-state index contributed by atoms with van der Waals surface area (Å²) in [6.45, 7) is 1.73. The third kappa shape index (κ3) is 8.72. The van der Waals surface area contributed by atoms with E-state index in [1.54, 1.807) is 0 Å². The summed E-state index contributed by atoms with van der Waals surface area (Å²) < 4.78 is 5.53. The lowest BCUT2D eigenvalue weighted by Crippen LogP contribution is -1.94. The summed E-state index contributed by atoms with van der Waals surface area (Å²) in [6, 6.07) is 0. The lowest BCUT2D eigenvalue weighted by Gasteiger charge is -2.01. The van der Waals surface area contributed by atoms with Gasteiger partial charge in [0, 0.05) is 6.61 Å². The van der Waals surface area contributed by atoms with Crippen LogP contribution in [0.25, 0.3) is 0 Å². The molecular weight excluding hydrogens is 196 g/mol. The van der Waals surface area contributed by atoms with Gasteiger partial charge in [0.1, 0.15) is 0 Å². The van der Waals surface area contributed by atoms with Gasteiger partial charge in [0.2, 0.25) is 0 Å². The fourth-order valence-electron chi connectivity index (χ4n) is 1.92. The smallest absolute Gasteiger partial charge is 0.0647 e. The third-order valence-corrected chi connectivity index (χ3v) is 2.95. The van der Waals surface area contributed by atoms with Crippen LogP contribution in [-0.2, 0) is 4.74 Å². The van der Waals surface area contributed by atoms with Crippen molar-refractivity contribution < 1.29 is 4.74 Å². The second-order valence-corrected chi connectivity index (χ2v) is 4.51. The third-order valence-electron chi connectivity index (χ3n) is 2.95. The van der Waals surface area contributed by atoms with E-state index in [2.05, 4.69) is 24.3 Å². The molecule has 1 aliphatic rings.